The maximum atomic E-state index is 5.58. The van der Waals surface area contributed by atoms with Gasteiger partial charge in [0.05, 0.1) is 22.8 Å². The number of unbranched alkanes of at least 4 members (excludes halogenated alkanes) is 33. The van der Waals surface area contributed by atoms with E-state index in [0.717, 1.165) is 49.2 Å². The van der Waals surface area contributed by atoms with Gasteiger partial charge in [-0.15, -0.1) is 0 Å². The molecule has 398 valence electrons. The number of benzene rings is 2. The number of aryl methyl sites for hydroxylation is 4. The minimum atomic E-state index is 0. The summed E-state index contributed by atoms with van der Waals surface area (Å²) < 4.78 is 0. The molecule has 0 N–H and O–H groups in total. The first-order valence-electron chi connectivity index (χ1n) is 30.7. The Morgan fingerprint density at radius 2 is 0.638 bits per heavy atom. The molecule has 69 heavy (non-hydrogen) atoms. The van der Waals surface area contributed by atoms with Crippen LogP contribution in [-0.4, -0.2) is 11.4 Å². The molecule has 0 aliphatic rings. The summed E-state index contributed by atoms with van der Waals surface area (Å²) >= 11 is 0. The Hall–Kier alpha value is -1.82. The molecule has 0 spiro atoms. The molecule has 0 aliphatic carbocycles. The van der Waals surface area contributed by atoms with Crippen LogP contribution in [0.3, 0.4) is 0 Å². The molecule has 0 heterocycles. The van der Waals surface area contributed by atoms with E-state index in [0.29, 0.717) is 0 Å². The van der Waals surface area contributed by atoms with E-state index < -0.39 is 0 Å². The number of nitrogens with zero attached hydrogens (tertiary/aromatic N) is 2. The third-order valence-corrected chi connectivity index (χ3v) is 14.7. The maximum Gasteiger partial charge on any atom is 0.0848 e. The summed E-state index contributed by atoms with van der Waals surface area (Å²) in [6.07, 6.45) is 63.4. The maximum absolute atomic E-state index is 5.58. The summed E-state index contributed by atoms with van der Waals surface area (Å²) in [5, 5.41) is 0. The summed E-state index contributed by atoms with van der Waals surface area (Å²) in [6, 6.07) is 14.3. The topological polar surface area (TPSA) is 24.7 Å². The molecule has 0 saturated heterocycles. The largest absolute Gasteiger partial charge is 0.251 e. The van der Waals surface area contributed by atoms with Crippen molar-refractivity contribution in [1.29, 1.82) is 0 Å². The Kier molecular flexibility index (Phi) is 45.8. The van der Waals surface area contributed by atoms with E-state index in [-0.39, 0.29) is 20.4 Å². The van der Waals surface area contributed by atoms with E-state index in [1.807, 2.05) is 0 Å². The zero-order valence-electron chi connectivity index (χ0n) is 46.9. The number of hydrogen-bond acceptors (Lipinski definition) is 2. The average molecular weight is 1040 g/mol. The van der Waals surface area contributed by atoms with E-state index in [2.05, 4.69) is 90.1 Å². The molecule has 2 aromatic rings. The van der Waals surface area contributed by atoms with Gasteiger partial charge in [0.1, 0.15) is 0 Å². The number of hydrogen-bond donors (Lipinski definition) is 0. The van der Waals surface area contributed by atoms with E-state index >= 15 is 0 Å². The van der Waals surface area contributed by atoms with Crippen molar-refractivity contribution in [1.82, 2.24) is 0 Å². The average Bonchev–Trinajstić information content (AvgIpc) is 3.35. The molecule has 0 unspecified atom stereocenters. The molecule has 0 bridgehead atoms. The van der Waals surface area contributed by atoms with Gasteiger partial charge < -0.3 is 0 Å². The third-order valence-electron chi connectivity index (χ3n) is 14.7. The van der Waals surface area contributed by atoms with Crippen LogP contribution in [0.4, 0.5) is 11.4 Å². The van der Waals surface area contributed by atoms with Crippen molar-refractivity contribution in [2.75, 3.05) is 0 Å². The fraction of sp³-hybridized carbons (Fsp3) is 0.758. The van der Waals surface area contributed by atoms with Gasteiger partial charge in [-0.05, 0) is 130 Å². The standard InChI is InChI=1S/C66H114N2.Pd/c1-7-13-19-21-22-23-24-25-26-27-28-29-30-31-32-33-34-35-36-37-38-39-40-46-52-66(68-64-56-54-60(48-42-16-10-4)62(58-64)50-44-18-12-6)65(51-45-20-14-8-2)67-63-55-53-59(47-41-15-9-3)61(57-63)49-43-17-11-5;/h46,52-58H,7-45,47-51H2,1-6H3;/b52-46+,67-65?,68-66?;. The fourth-order valence-corrected chi connectivity index (χ4v) is 10.1. The van der Waals surface area contributed by atoms with Crippen LogP contribution >= 0.6 is 0 Å². The predicted octanol–water partition coefficient (Wildman–Crippen LogP) is 23.0. The van der Waals surface area contributed by atoms with Crippen molar-refractivity contribution >= 4 is 22.8 Å². The summed E-state index contributed by atoms with van der Waals surface area (Å²) in [4.78, 5) is 11.1. The summed E-state index contributed by atoms with van der Waals surface area (Å²) in [5.41, 5.74) is 10.6. The molecular formula is C66H114N2Pd. The summed E-state index contributed by atoms with van der Waals surface area (Å²) in [5.74, 6) is 0. The van der Waals surface area contributed by atoms with Crippen LogP contribution in [0.1, 0.15) is 321 Å². The summed E-state index contributed by atoms with van der Waals surface area (Å²) in [7, 11) is 0. The van der Waals surface area contributed by atoms with E-state index in [1.165, 1.54) is 267 Å². The van der Waals surface area contributed by atoms with Crippen molar-refractivity contribution < 1.29 is 20.4 Å². The number of allylic oxidation sites excluding steroid dienone is 2. The Labute approximate surface area is 445 Å². The molecule has 0 atom stereocenters. The second kappa shape index (κ2) is 48.4. The van der Waals surface area contributed by atoms with Crippen molar-refractivity contribution in [2.24, 2.45) is 9.98 Å². The smallest absolute Gasteiger partial charge is 0.0848 e. The first-order valence-corrected chi connectivity index (χ1v) is 30.7. The number of rotatable bonds is 48. The molecule has 0 radical (unpaired) electrons. The van der Waals surface area contributed by atoms with Crippen LogP contribution in [0.5, 0.6) is 0 Å². The van der Waals surface area contributed by atoms with Gasteiger partial charge in [0.2, 0.25) is 0 Å². The van der Waals surface area contributed by atoms with Gasteiger partial charge in [-0.25, -0.2) is 4.99 Å². The normalized spacial score (nSPS) is 12.1. The second-order valence-corrected chi connectivity index (χ2v) is 21.2. The van der Waals surface area contributed by atoms with Gasteiger partial charge >= 0.3 is 0 Å². The van der Waals surface area contributed by atoms with Gasteiger partial charge in [0.25, 0.3) is 0 Å². The predicted molar refractivity (Wildman–Crippen MR) is 310 cm³/mol. The van der Waals surface area contributed by atoms with Crippen LogP contribution in [-0.2, 0) is 46.1 Å². The van der Waals surface area contributed by atoms with E-state index in [1.54, 1.807) is 11.1 Å². The van der Waals surface area contributed by atoms with Gasteiger partial charge in [-0.3, -0.25) is 4.99 Å². The van der Waals surface area contributed by atoms with Crippen LogP contribution in [0.15, 0.2) is 58.5 Å². The molecule has 2 aromatic carbocycles. The SMILES string of the molecule is CCCCCCCCCCCCCCCCCCCCCCCC/C=C/C(=Nc1ccc(CCCCC)c(CCCCC)c1)C(CCCCCC)=Nc1ccc(CCCCC)c(CCCCC)c1.[Pd]. The number of aliphatic imine (C=N–C) groups is 2. The minimum Gasteiger partial charge on any atom is -0.251 e. The van der Waals surface area contributed by atoms with Crippen molar-refractivity contribution in [2.45, 2.75) is 324 Å². The van der Waals surface area contributed by atoms with Crippen LogP contribution in [0, 0.1) is 0 Å². The molecule has 0 aliphatic heterocycles. The Balaban J connectivity index is 0.0000238. The van der Waals surface area contributed by atoms with Crippen molar-refractivity contribution in [3.05, 3.63) is 70.8 Å². The Bertz CT molecular complexity index is 1530. The molecule has 0 fully saturated rings. The van der Waals surface area contributed by atoms with Gasteiger partial charge in [0.15, 0.2) is 0 Å². The van der Waals surface area contributed by atoms with Crippen LogP contribution in [0.25, 0.3) is 0 Å². The second-order valence-electron chi connectivity index (χ2n) is 21.2. The molecule has 0 saturated carbocycles. The third kappa shape index (κ3) is 35.1. The zero-order valence-corrected chi connectivity index (χ0v) is 48.5. The van der Waals surface area contributed by atoms with Crippen molar-refractivity contribution in [3.63, 3.8) is 0 Å². The van der Waals surface area contributed by atoms with Gasteiger partial charge in [-0.2, -0.15) is 0 Å². The van der Waals surface area contributed by atoms with Crippen molar-refractivity contribution in [3.8, 4) is 0 Å². The van der Waals surface area contributed by atoms with Gasteiger partial charge in [0, 0.05) is 20.4 Å². The molecule has 0 aromatic heterocycles. The van der Waals surface area contributed by atoms with Gasteiger partial charge in [-0.1, -0.05) is 265 Å². The molecule has 3 heteroatoms. The van der Waals surface area contributed by atoms with Crippen LogP contribution in [0.2, 0.25) is 0 Å². The molecule has 2 nitrogen and oxygen atoms in total. The molecule has 0 amide bonds. The fourth-order valence-electron chi connectivity index (χ4n) is 10.1. The zero-order chi connectivity index (χ0) is 48.8. The monoisotopic (exact) mass is 1040 g/mol. The first kappa shape index (κ1) is 65.2. The first-order chi connectivity index (χ1) is 33.6. The van der Waals surface area contributed by atoms with E-state index in [9.17, 15) is 0 Å². The summed E-state index contributed by atoms with van der Waals surface area (Å²) in [6.45, 7) is 13.9. The molecular weight excluding hydrogens is 927 g/mol. The Morgan fingerprint density at radius 3 is 1.01 bits per heavy atom. The van der Waals surface area contributed by atoms with E-state index in [4.69, 9.17) is 9.98 Å². The molecule has 2 rings (SSSR count). The quantitative estimate of drug-likeness (QED) is 0.0358. The van der Waals surface area contributed by atoms with Crippen LogP contribution < -0.4 is 0 Å². The Morgan fingerprint density at radius 1 is 0.333 bits per heavy atom. The minimum absolute atomic E-state index is 0.